The first-order valence-corrected chi connectivity index (χ1v) is 4.18. The molecular weight excluding hydrogens is 156 g/mol. The zero-order valence-electron chi connectivity index (χ0n) is 7.79. The summed E-state index contributed by atoms with van der Waals surface area (Å²) in [7, 11) is 0. The normalized spacial score (nSPS) is 11.8. The van der Waals surface area contributed by atoms with E-state index in [0.717, 1.165) is 13.1 Å². The van der Waals surface area contributed by atoms with Gasteiger partial charge in [-0.2, -0.15) is 0 Å². The Balaban J connectivity index is 0. The van der Waals surface area contributed by atoms with Crippen LogP contribution in [0.1, 0.15) is 6.92 Å². The zero-order valence-corrected chi connectivity index (χ0v) is 7.79. The van der Waals surface area contributed by atoms with Gasteiger partial charge in [0, 0.05) is 32.7 Å². The van der Waals surface area contributed by atoms with E-state index < -0.39 is 0 Å². The van der Waals surface area contributed by atoms with E-state index in [1.54, 1.807) is 6.92 Å². The quantitative estimate of drug-likeness (QED) is 0.307. The van der Waals surface area contributed by atoms with Crippen molar-refractivity contribution in [2.45, 2.75) is 13.0 Å². The van der Waals surface area contributed by atoms with Gasteiger partial charge < -0.3 is 27.6 Å². The first kappa shape index (κ1) is 14.3. The average molecular weight is 178 g/mol. The molecule has 0 aliphatic carbocycles. The fourth-order valence-corrected chi connectivity index (χ4v) is 0.329. The summed E-state index contributed by atoms with van der Waals surface area (Å²) in [6.45, 7) is 5.15. The van der Waals surface area contributed by atoms with Gasteiger partial charge in [-0.05, 0) is 6.92 Å². The summed E-state index contributed by atoms with van der Waals surface area (Å²) >= 11 is 0. The smallest absolute Gasteiger partial charge is 0.0634 e. The zero-order chi connectivity index (χ0) is 9.82. The van der Waals surface area contributed by atoms with Crippen LogP contribution in [0.3, 0.4) is 0 Å². The second kappa shape index (κ2) is 13.4. The molecule has 0 heterocycles. The van der Waals surface area contributed by atoms with E-state index >= 15 is 0 Å². The maximum absolute atomic E-state index is 8.24. The third-order valence-corrected chi connectivity index (χ3v) is 0.983. The molecule has 8 N–H and O–H groups in total. The van der Waals surface area contributed by atoms with Crippen molar-refractivity contribution < 1.29 is 5.11 Å². The Labute approximate surface area is 74.3 Å². The molecule has 1 atom stereocenters. The summed E-state index contributed by atoms with van der Waals surface area (Å²) in [6, 6.07) is 0. The lowest BCUT2D eigenvalue weighted by molar-refractivity contribution is 0.203. The molecule has 76 valence electrons. The molecule has 0 fully saturated rings. The van der Waals surface area contributed by atoms with Crippen LogP contribution in [0.15, 0.2) is 0 Å². The molecule has 0 amide bonds. The standard InChI is InChI=1S/C4H13N3.C3H9NO/c5-1-3-7-4-2-6;1-3(5)2-4/h7H,1-6H2;3,5H,2,4H2,1H3. The van der Waals surface area contributed by atoms with Crippen LogP contribution in [0.5, 0.6) is 0 Å². The summed E-state index contributed by atoms with van der Waals surface area (Å²) in [5, 5.41) is 11.3. The lowest BCUT2D eigenvalue weighted by atomic mass is 10.4. The number of hydrogen-bond donors (Lipinski definition) is 5. The lowest BCUT2D eigenvalue weighted by Gasteiger charge is -1.95. The van der Waals surface area contributed by atoms with Crippen LogP contribution in [0.2, 0.25) is 0 Å². The largest absolute Gasteiger partial charge is 0.392 e. The maximum Gasteiger partial charge on any atom is 0.0634 e. The third kappa shape index (κ3) is 22.6. The number of nitrogens with one attached hydrogen (secondary N) is 1. The molecule has 5 nitrogen and oxygen atoms in total. The SMILES string of the molecule is CC(O)CN.NCCNCCN. The predicted molar refractivity (Wildman–Crippen MR) is 51.7 cm³/mol. The number of aliphatic hydroxyl groups is 1. The van der Waals surface area contributed by atoms with Gasteiger partial charge in [0.2, 0.25) is 0 Å². The molecule has 0 radical (unpaired) electrons. The first-order valence-electron chi connectivity index (χ1n) is 4.18. The molecule has 1 unspecified atom stereocenters. The highest BCUT2D eigenvalue weighted by atomic mass is 16.3. The van der Waals surface area contributed by atoms with Crippen molar-refractivity contribution in [3.05, 3.63) is 0 Å². The second-order valence-electron chi connectivity index (χ2n) is 2.41. The third-order valence-electron chi connectivity index (χ3n) is 0.983. The Bertz CT molecular complexity index is 66.4. The highest BCUT2D eigenvalue weighted by molar-refractivity contribution is 4.45. The topological polar surface area (TPSA) is 110 Å². The van der Waals surface area contributed by atoms with Gasteiger partial charge in [-0.15, -0.1) is 0 Å². The van der Waals surface area contributed by atoms with E-state index in [9.17, 15) is 0 Å². The molecule has 0 rings (SSSR count). The summed E-state index contributed by atoms with van der Waals surface area (Å²) in [5.74, 6) is 0. The molecule has 0 saturated carbocycles. The molecule has 0 saturated heterocycles. The van der Waals surface area contributed by atoms with E-state index in [0.29, 0.717) is 19.6 Å². The number of nitrogens with two attached hydrogens (primary N) is 3. The Kier molecular flexibility index (Phi) is 16.0. The van der Waals surface area contributed by atoms with Crippen molar-refractivity contribution in [2.75, 3.05) is 32.7 Å². The minimum atomic E-state index is -0.338. The Morgan fingerprint density at radius 2 is 1.50 bits per heavy atom. The van der Waals surface area contributed by atoms with Gasteiger partial charge in [0.15, 0.2) is 0 Å². The maximum atomic E-state index is 8.24. The lowest BCUT2D eigenvalue weighted by Crippen LogP contribution is -2.27. The Morgan fingerprint density at radius 1 is 1.17 bits per heavy atom. The summed E-state index contributed by atoms with van der Waals surface area (Å²) in [6.07, 6.45) is -0.338. The van der Waals surface area contributed by atoms with E-state index in [1.807, 2.05) is 0 Å². The molecule has 12 heavy (non-hydrogen) atoms. The number of aliphatic hydroxyl groups excluding tert-OH is 1. The van der Waals surface area contributed by atoms with Gasteiger partial charge >= 0.3 is 0 Å². The average Bonchev–Trinajstić information content (AvgIpc) is 2.07. The molecule has 0 aromatic rings. The predicted octanol–water partition coefficient (Wildman–Crippen LogP) is -2.18. The van der Waals surface area contributed by atoms with Crippen molar-refractivity contribution in [3.63, 3.8) is 0 Å². The summed E-state index contributed by atoms with van der Waals surface area (Å²) in [4.78, 5) is 0. The molecule has 5 heteroatoms. The molecule has 0 aliphatic heterocycles. The molecular formula is C7H22N4O. The minimum absolute atomic E-state index is 0.338. The minimum Gasteiger partial charge on any atom is -0.392 e. The first-order chi connectivity index (χ1) is 5.68. The monoisotopic (exact) mass is 178 g/mol. The number of hydrogen-bond acceptors (Lipinski definition) is 5. The van der Waals surface area contributed by atoms with Crippen molar-refractivity contribution >= 4 is 0 Å². The van der Waals surface area contributed by atoms with Gasteiger partial charge in [-0.3, -0.25) is 0 Å². The molecule has 0 bridgehead atoms. The highest BCUT2D eigenvalue weighted by Gasteiger charge is 1.81. The van der Waals surface area contributed by atoms with Gasteiger partial charge in [0.05, 0.1) is 6.10 Å². The van der Waals surface area contributed by atoms with E-state index in [1.165, 1.54) is 0 Å². The van der Waals surface area contributed by atoms with Crippen LogP contribution >= 0.6 is 0 Å². The van der Waals surface area contributed by atoms with E-state index in [2.05, 4.69) is 5.32 Å². The van der Waals surface area contributed by atoms with Crippen LogP contribution < -0.4 is 22.5 Å². The molecule has 0 aromatic carbocycles. The van der Waals surface area contributed by atoms with Gasteiger partial charge in [-0.25, -0.2) is 0 Å². The van der Waals surface area contributed by atoms with Crippen molar-refractivity contribution in [2.24, 2.45) is 17.2 Å². The van der Waals surface area contributed by atoms with Gasteiger partial charge in [0.25, 0.3) is 0 Å². The van der Waals surface area contributed by atoms with Crippen molar-refractivity contribution in [1.82, 2.24) is 5.32 Å². The molecule has 0 aliphatic rings. The molecule has 0 spiro atoms. The van der Waals surface area contributed by atoms with Crippen LogP contribution in [-0.4, -0.2) is 43.9 Å². The summed E-state index contributed by atoms with van der Waals surface area (Å²) in [5.41, 5.74) is 15.3. The highest BCUT2D eigenvalue weighted by Crippen LogP contribution is 1.65. The Morgan fingerprint density at radius 3 is 1.67 bits per heavy atom. The Hall–Kier alpha value is -0.200. The van der Waals surface area contributed by atoms with Gasteiger partial charge in [-0.1, -0.05) is 0 Å². The van der Waals surface area contributed by atoms with Crippen LogP contribution in [0.4, 0.5) is 0 Å². The summed E-state index contributed by atoms with van der Waals surface area (Å²) < 4.78 is 0. The molecule has 0 aromatic heterocycles. The van der Waals surface area contributed by atoms with Gasteiger partial charge in [0.1, 0.15) is 0 Å². The number of rotatable bonds is 5. The second-order valence-corrected chi connectivity index (χ2v) is 2.41. The van der Waals surface area contributed by atoms with Crippen LogP contribution in [0, 0.1) is 0 Å². The van der Waals surface area contributed by atoms with E-state index in [-0.39, 0.29) is 6.10 Å². The van der Waals surface area contributed by atoms with Crippen LogP contribution in [-0.2, 0) is 0 Å². The fraction of sp³-hybridized carbons (Fsp3) is 1.00. The van der Waals surface area contributed by atoms with Crippen molar-refractivity contribution in [1.29, 1.82) is 0 Å². The van der Waals surface area contributed by atoms with E-state index in [4.69, 9.17) is 22.3 Å². The fourth-order valence-electron chi connectivity index (χ4n) is 0.329. The van der Waals surface area contributed by atoms with Crippen molar-refractivity contribution in [3.8, 4) is 0 Å². The van der Waals surface area contributed by atoms with Crippen LogP contribution in [0.25, 0.3) is 0 Å².